The molecule has 2 aromatic carbocycles. The molecule has 0 radical (unpaired) electrons. The maximum absolute atomic E-state index is 13.9. The predicted octanol–water partition coefficient (Wildman–Crippen LogP) is 4.06. The molecule has 0 amide bonds. The Kier molecular flexibility index (Phi) is 4.51. The number of halogens is 1. The topological polar surface area (TPSA) is 58.7 Å². The molecule has 3 aromatic rings. The Morgan fingerprint density at radius 3 is 3.00 bits per heavy atom. The number of phenolic OH excluding ortho intramolecular Hbond substituents is 1. The van der Waals surface area contributed by atoms with Crippen molar-refractivity contribution in [2.24, 2.45) is 0 Å². The van der Waals surface area contributed by atoms with Crippen molar-refractivity contribution in [3.05, 3.63) is 53.7 Å². The molecule has 0 aliphatic carbocycles. The highest BCUT2D eigenvalue weighted by Gasteiger charge is 2.26. The maximum atomic E-state index is 13.9. The lowest BCUT2D eigenvalue weighted by Gasteiger charge is -2.31. The van der Waals surface area contributed by atoms with Gasteiger partial charge in [0.25, 0.3) is 0 Å². The van der Waals surface area contributed by atoms with Gasteiger partial charge in [-0.3, -0.25) is 4.90 Å². The molecule has 1 fully saturated rings. The van der Waals surface area contributed by atoms with Gasteiger partial charge < -0.3 is 14.3 Å². The van der Waals surface area contributed by atoms with Crippen LogP contribution in [0.25, 0.3) is 11.1 Å². The van der Waals surface area contributed by atoms with Crippen LogP contribution in [0.3, 0.4) is 0 Å². The number of phenols is 1. The molecule has 0 spiro atoms. The number of nitrogens with zero attached hydrogens (tertiary/aromatic N) is 2. The summed E-state index contributed by atoms with van der Waals surface area (Å²) in [6.45, 7) is 2.32. The second-order valence-electron chi connectivity index (χ2n) is 6.72. The van der Waals surface area contributed by atoms with Crippen molar-refractivity contribution >= 4 is 11.1 Å². The number of oxazole rings is 1. The smallest absolute Gasteiger partial charge is 0.199 e. The van der Waals surface area contributed by atoms with Crippen LogP contribution < -0.4 is 4.74 Å². The number of hydrogen-bond acceptors (Lipinski definition) is 5. The van der Waals surface area contributed by atoms with Gasteiger partial charge in [-0.1, -0.05) is 12.1 Å². The van der Waals surface area contributed by atoms with Gasteiger partial charge in [0, 0.05) is 19.0 Å². The minimum Gasteiger partial charge on any atom is -0.502 e. The first kappa shape index (κ1) is 16.8. The SMILES string of the molecule is COc1cc(CN2CCC[C@@H](c3nc4ccccc4o3)C2)cc(F)c1O. The van der Waals surface area contributed by atoms with Gasteiger partial charge >= 0.3 is 0 Å². The summed E-state index contributed by atoms with van der Waals surface area (Å²) in [5.41, 5.74) is 2.46. The third-order valence-electron chi connectivity index (χ3n) is 4.88. The number of methoxy groups -OCH3 is 1. The number of hydrogen-bond donors (Lipinski definition) is 1. The molecule has 6 heteroatoms. The van der Waals surface area contributed by atoms with Crippen molar-refractivity contribution in [1.29, 1.82) is 0 Å². The van der Waals surface area contributed by atoms with E-state index in [4.69, 9.17) is 9.15 Å². The number of piperidine rings is 1. The summed E-state index contributed by atoms with van der Waals surface area (Å²) in [7, 11) is 1.42. The fourth-order valence-corrected chi connectivity index (χ4v) is 3.60. The average molecular weight is 356 g/mol. The summed E-state index contributed by atoms with van der Waals surface area (Å²) in [6.07, 6.45) is 2.05. The molecule has 1 atom stereocenters. The zero-order valence-electron chi connectivity index (χ0n) is 14.6. The first-order valence-corrected chi connectivity index (χ1v) is 8.77. The van der Waals surface area contributed by atoms with Crippen molar-refractivity contribution < 1.29 is 18.7 Å². The van der Waals surface area contributed by atoms with Gasteiger partial charge in [0.05, 0.1) is 7.11 Å². The summed E-state index contributed by atoms with van der Waals surface area (Å²) >= 11 is 0. The lowest BCUT2D eigenvalue weighted by Crippen LogP contribution is -2.34. The number of fused-ring (bicyclic) bond motifs is 1. The summed E-state index contributed by atoms with van der Waals surface area (Å²) in [5, 5.41) is 9.65. The van der Waals surface area contributed by atoms with Gasteiger partial charge in [-0.25, -0.2) is 9.37 Å². The standard InChI is InChI=1S/C20H21FN2O3/c1-25-18-10-13(9-15(21)19(18)24)11-23-8-4-5-14(12-23)20-22-16-6-2-3-7-17(16)26-20/h2-3,6-7,9-10,14,24H,4-5,8,11-12H2,1H3/t14-/m1/s1. The molecule has 0 unspecified atom stereocenters. The molecular weight excluding hydrogens is 335 g/mol. The highest BCUT2D eigenvalue weighted by Crippen LogP contribution is 2.33. The second kappa shape index (κ2) is 6.96. The second-order valence-corrected chi connectivity index (χ2v) is 6.72. The predicted molar refractivity (Wildman–Crippen MR) is 95.9 cm³/mol. The molecule has 0 bridgehead atoms. The Hall–Kier alpha value is -2.60. The Balaban J connectivity index is 1.51. The van der Waals surface area contributed by atoms with E-state index in [1.54, 1.807) is 6.07 Å². The number of ether oxygens (including phenoxy) is 1. The van der Waals surface area contributed by atoms with Gasteiger partial charge in [-0.2, -0.15) is 0 Å². The number of rotatable bonds is 4. The Labute approximate surface area is 151 Å². The van der Waals surface area contributed by atoms with E-state index in [1.165, 1.54) is 13.2 Å². The van der Waals surface area contributed by atoms with E-state index < -0.39 is 11.6 Å². The minimum absolute atomic E-state index is 0.160. The Bertz CT molecular complexity index is 892. The van der Waals surface area contributed by atoms with Crippen LogP contribution in [0.1, 0.15) is 30.2 Å². The average Bonchev–Trinajstić information content (AvgIpc) is 3.09. The quantitative estimate of drug-likeness (QED) is 0.764. The summed E-state index contributed by atoms with van der Waals surface area (Å²) in [4.78, 5) is 6.88. The van der Waals surface area contributed by atoms with Gasteiger partial charge in [0.15, 0.2) is 28.8 Å². The van der Waals surface area contributed by atoms with Crippen molar-refractivity contribution in [2.75, 3.05) is 20.2 Å². The highest BCUT2D eigenvalue weighted by molar-refractivity contribution is 5.72. The molecule has 5 nitrogen and oxygen atoms in total. The third-order valence-corrected chi connectivity index (χ3v) is 4.88. The van der Waals surface area contributed by atoms with E-state index in [0.29, 0.717) is 6.54 Å². The molecule has 1 saturated heterocycles. The zero-order valence-corrected chi connectivity index (χ0v) is 14.6. The van der Waals surface area contributed by atoms with Crippen molar-refractivity contribution in [3.8, 4) is 11.5 Å². The Morgan fingerprint density at radius 1 is 1.35 bits per heavy atom. The lowest BCUT2D eigenvalue weighted by atomic mass is 9.97. The number of likely N-dealkylation sites (tertiary alicyclic amines) is 1. The maximum Gasteiger partial charge on any atom is 0.199 e. The fourth-order valence-electron chi connectivity index (χ4n) is 3.60. The van der Waals surface area contributed by atoms with E-state index in [0.717, 1.165) is 48.5 Å². The lowest BCUT2D eigenvalue weighted by molar-refractivity contribution is 0.187. The van der Waals surface area contributed by atoms with E-state index in [9.17, 15) is 9.50 Å². The van der Waals surface area contributed by atoms with E-state index >= 15 is 0 Å². The fraction of sp³-hybridized carbons (Fsp3) is 0.350. The van der Waals surface area contributed by atoms with Crippen LogP contribution in [0, 0.1) is 5.82 Å². The molecule has 2 heterocycles. The van der Waals surface area contributed by atoms with E-state index in [-0.39, 0.29) is 11.7 Å². The largest absolute Gasteiger partial charge is 0.502 e. The van der Waals surface area contributed by atoms with Crippen molar-refractivity contribution in [3.63, 3.8) is 0 Å². The summed E-state index contributed by atoms with van der Waals surface area (Å²) < 4.78 is 24.8. The number of benzene rings is 2. The monoisotopic (exact) mass is 356 g/mol. The molecule has 1 aromatic heterocycles. The molecule has 1 aliphatic heterocycles. The number of aromatic hydroxyl groups is 1. The number of para-hydroxylation sites is 2. The molecule has 26 heavy (non-hydrogen) atoms. The Morgan fingerprint density at radius 2 is 2.19 bits per heavy atom. The first-order chi connectivity index (χ1) is 12.6. The van der Waals surface area contributed by atoms with Gasteiger partial charge in [-0.05, 0) is 49.2 Å². The van der Waals surface area contributed by atoms with E-state index in [1.807, 2.05) is 24.3 Å². The zero-order chi connectivity index (χ0) is 18.1. The molecular formula is C20H21FN2O3. The molecule has 4 rings (SSSR count). The van der Waals surface area contributed by atoms with Crippen molar-refractivity contribution in [2.45, 2.75) is 25.3 Å². The summed E-state index contributed by atoms with van der Waals surface area (Å²) in [6, 6.07) is 10.8. The van der Waals surface area contributed by atoms with Crippen LogP contribution >= 0.6 is 0 Å². The van der Waals surface area contributed by atoms with E-state index in [2.05, 4.69) is 9.88 Å². The molecule has 1 N–H and O–H groups in total. The first-order valence-electron chi connectivity index (χ1n) is 8.77. The van der Waals surface area contributed by atoms with Crippen LogP contribution in [0.5, 0.6) is 11.5 Å². The van der Waals surface area contributed by atoms with Crippen LogP contribution in [0.2, 0.25) is 0 Å². The third kappa shape index (κ3) is 3.24. The van der Waals surface area contributed by atoms with Gasteiger partial charge in [0.1, 0.15) is 5.52 Å². The van der Waals surface area contributed by atoms with Gasteiger partial charge in [0.2, 0.25) is 0 Å². The minimum atomic E-state index is -0.660. The van der Waals surface area contributed by atoms with Crippen molar-refractivity contribution in [1.82, 2.24) is 9.88 Å². The normalized spacial score (nSPS) is 18.3. The molecule has 0 saturated carbocycles. The van der Waals surface area contributed by atoms with Crippen LogP contribution in [0.4, 0.5) is 4.39 Å². The van der Waals surface area contributed by atoms with Crippen LogP contribution in [-0.4, -0.2) is 35.2 Å². The van der Waals surface area contributed by atoms with Crippen LogP contribution in [-0.2, 0) is 6.54 Å². The molecule has 136 valence electrons. The summed E-state index contributed by atoms with van der Waals surface area (Å²) in [5.74, 6) is 0.0454. The van der Waals surface area contributed by atoms with Crippen LogP contribution in [0.15, 0.2) is 40.8 Å². The molecule has 1 aliphatic rings. The van der Waals surface area contributed by atoms with Gasteiger partial charge in [-0.15, -0.1) is 0 Å². The highest BCUT2D eigenvalue weighted by atomic mass is 19.1. The number of aromatic nitrogens is 1.